The monoisotopic (exact) mass is 404 g/mol. The second-order valence-electron chi connectivity index (χ2n) is 6.70. The number of nitrogens with zero attached hydrogens (tertiary/aromatic N) is 1. The molecule has 0 unspecified atom stereocenters. The predicted molar refractivity (Wildman–Crippen MR) is 107 cm³/mol. The molecule has 0 aliphatic carbocycles. The van der Waals surface area contributed by atoms with Crippen LogP contribution in [-0.4, -0.2) is 19.9 Å². The van der Waals surface area contributed by atoms with Crippen LogP contribution in [0.15, 0.2) is 62.9 Å². The Morgan fingerprint density at radius 2 is 1.78 bits per heavy atom. The van der Waals surface area contributed by atoms with E-state index in [1.807, 2.05) is 45.0 Å². The van der Waals surface area contributed by atoms with Crippen molar-refractivity contribution < 1.29 is 12.8 Å². The van der Waals surface area contributed by atoms with Crippen LogP contribution in [0.3, 0.4) is 0 Å². The number of benzene rings is 2. The summed E-state index contributed by atoms with van der Waals surface area (Å²) in [6.45, 7) is 6.54. The summed E-state index contributed by atoms with van der Waals surface area (Å²) in [6, 6.07) is 13.6. The largest absolute Gasteiger partial charge is 0.419 e. The molecule has 142 valence electrons. The average Bonchev–Trinajstić information content (AvgIpc) is 3.05. The van der Waals surface area contributed by atoms with E-state index in [9.17, 15) is 8.42 Å². The minimum Gasteiger partial charge on any atom is -0.419 e. The number of anilines is 1. The molecule has 0 saturated heterocycles. The molecule has 5 nitrogen and oxygen atoms in total. The highest BCUT2D eigenvalue weighted by Crippen LogP contribution is 2.33. The van der Waals surface area contributed by atoms with E-state index in [-0.39, 0.29) is 21.7 Å². The van der Waals surface area contributed by atoms with Crippen LogP contribution in [0.1, 0.15) is 19.4 Å². The first kappa shape index (κ1) is 19.5. The second kappa shape index (κ2) is 7.74. The summed E-state index contributed by atoms with van der Waals surface area (Å²) in [6.07, 6.45) is 0. The molecule has 2 aromatic carbocycles. The fourth-order valence-corrected chi connectivity index (χ4v) is 3.95. The van der Waals surface area contributed by atoms with Crippen LogP contribution in [0.5, 0.6) is 0 Å². The highest BCUT2D eigenvalue weighted by atomic mass is 35.5. The third kappa shape index (κ3) is 4.17. The predicted octanol–water partition coefficient (Wildman–Crippen LogP) is 5.20. The Kier molecular flexibility index (Phi) is 5.58. The third-order valence-electron chi connectivity index (χ3n) is 4.02. The molecule has 0 saturated carbocycles. The third-order valence-corrected chi connectivity index (χ3v) is 5.95. The van der Waals surface area contributed by atoms with Gasteiger partial charge in [-0.05, 0) is 48.7 Å². The number of sulfone groups is 1. The Balaban J connectivity index is 2.12. The Bertz CT molecular complexity index is 1040. The van der Waals surface area contributed by atoms with Crippen LogP contribution in [0.25, 0.3) is 11.5 Å². The molecule has 0 aliphatic heterocycles. The molecule has 27 heavy (non-hydrogen) atoms. The molecule has 0 bridgehead atoms. The Labute approximate surface area is 164 Å². The zero-order chi connectivity index (χ0) is 19.6. The van der Waals surface area contributed by atoms with Gasteiger partial charge in [-0.15, -0.1) is 0 Å². The molecular weight excluding hydrogens is 384 g/mol. The highest BCUT2D eigenvalue weighted by molar-refractivity contribution is 7.91. The van der Waals surface area contributed by atoms with Crippen molar-refractivity contribution in [3.63, 3.8) is 0 Å². The first-order valence-corrected chi connectivity index (χ1v) is 10.5. The molecule has 3 aromatic rings. The van der Waals surface area contributed by atoms with Gasteiger partial charge in [0.2, 0.25) is 26.6 Å². The number of aryl methyl sites for hydroxylation is 1. The maximum absolute atomic E-state index is 13.1. The van der Waals surface area contributed by atoms with Gasteiger partial charge in [0, 0.05) is 17.1 Å². The second-order valence-corrected chi connectivity index (χ2v) is 9.00. The smallest absolute Gasteiger partial charge is 0.233 e. The normalized spacial score (nSPS) is 11.7. The van der Waals surface area contributed by atoms with Crippen molar-refractivity contribution in [2.45, 2.75) is 30.7 Å². The van der Waals surface area contributed by atoms with E-state index in [1.165, 1.54) is 24.3 Å². The van der Waals surface area contributed by atoms with Gasteiger partial charge in [-0.25, -0.2) is 8.42 Å². The summed E-state index contributed by atoms with van der Waals surface area (Å²) in [7, 11) is -3.86. The maximum atomic E-state index is 13.1. The minimum atomic E-state index is -3.86. The van der Waals surface area contributed by atoms with Crippen molar-refractivity contribution in [3.05, 3.63) is 59.1 Å². The fraction of sp³-hybridized carbons (Fsp3) is 0.250. The summed E-state index contributed by atoms with van der Waals surface area (Å²) >= 11 is 5.88. The van der Waals surface area contributed by atoms with Gasteiger partial charge in [-0.2, -0.15) is 4.98 Å². The summed E-state index contributed by atoms with van der Waals surface area (Å²) < 4.78 is 32.1. The Hall–Kier alpha value is -2.31. The topological polar surface area (TPSA) is 72.2 Å². The number of nitrogens with one attached hydrogen (secondary N) is 1. The zero-order valence-electron chi connectivity index (χ0n) is 15.4. The van der Waals surface area contributed by atoms with Crippen LogP contribution >= 0.6 is 11.6 Å². The number of aromatic nitrogens is 1. The number of rotatable bonds is 6. The zero-order valence-corrected chi connectivity index (χ0v) is 16.9. The van der Waals surface area contributed by atoms with E-state index in [2.05, 4.69) is 10.3 Å². The van der Waals surface area contributed by atoms with Gasteiger partial charge < -0.3 is 9.73 Å². The van der Waals surface area contributed by atoms with E-state index in [0.29, 0.717) is 17.5 Å². The quantitative estimate of drug-likeness (QED) is 0.611. The van der Waals surface area contributed by atoms with Crippen molar-refractivity contribution in [1.29, 1.82) is 0 Å². The van der Waals surface area contributed by atoms with Crippen LogP contribution in [0.4, 0.5) is 5.88 Å². The molecule has 0 radical (unpaired) electrons. The summed E-state index contributed by atoms with van der Waals surface area (Å²) in [4.78, 5) is 4.45. The molecule has 3 rings (SSSR count). The Morgan fingerprint density at radius 1 is 1.11 bits per heavy atom. The molecular formula is C20H21ClN2O3S. The summed E-state index contributed by atoms with van der Waals surface area (Å²) in [5.74, 6) is 0.729. The van der Waals surface area contributed by atoms with E-state index in [4.69, 9.17) is 16.0 Å². The highest BCUT2D eigenvalue weighted by Gasteiger charge is 2.28. The van der Waals surface area contributed by atoms with Crippen molar-refractivity contribution in [2.24, 2.45) is 5.92 Å². The van der Waals surface area contributed by atoms with E-state index >= 15 is 0 Å². The van der Waals surface area contributed by atoms with Gasteiger partial charge in [0.15, 0.2) is 0 Å². The number of oxazole rings is 1. The summed E-state index contributed by atoms with van der Waals surface area (Å²) in [5, 5.41) is 3.42. The first-order chi connectivity index (χ1) is 12.8. The Morgan fingerprint density at radius 3 is 2.41 bits per heavy atom. The molecule has 1 N–H and O–H groups in total. The molecule has 0 spiro atoms. The number of hydrogen-bond acceptors (Lipinski definition) is 5. The van der Waals surface area contributed by atoms with Crippen molar-refractivity contribution >= 4 is 27.3 Å². The van der Waals surface area contributed by atoms with Gasteiger partial charge in [0.05, 0.1) is 4.90 Å². The molecule has 7 heteroatoms. The minimum absolute atomic E-state index is 0.115. The summed E-state index contributed by atoms with van der Waals surface area (Å²) in [5.41, 5.74) is 1.70. The first-order valence-electron chi connectivity index (χ1n) is 8.60. The lowest BCUT2D eigenvalue weighted by Crippen LogP contribution is -2.11. The van der Waals surface area contributed by atoms with Crippen molar-refractivity contribution in [3.8, 4) is 11.5 Å². The van der Waals surface area contributed by atoms with E-state index in [0.717, 1.165) is 11.1 Å². The van der Waals surface area contributed by atoms with Gasteiger partial charge >= 0.3 is 0 Å². The maximum Gasteiger partial charge on any atom is 0.233 e. The van der Waals surface area contributed by atoms with E-state index < -0.39 is 9.84 Å². The molecule has 1 aromatic heterocycles. The lowest BCUT2D eigenvalue weighted by Gasteiger charge is -2.08. The molecule has 0 aliphatic rings. The van der Waals surface area contributed by atoms with Gasteiger partial charge in [0.25, 0.3) is 0 Å². The van der Waals surface area contributed by atoms with Gasteiger partial charge in [0.1, 0.15) is 0 Å². The number of hydrogen-bond donors (Lipinski definition) is 1. The average molecular weight is 405 g/mol. The molecule has 0 amide bonds. The SMILES string of the molecule is Cc1ccccc1-c1nc(S(=O)(=O)c2ccc(Cl)cc2)c(NCC(C)C)o1. The van der Waals surface area contributed by atoms with Crippen LogP contribution in [0.2, 0.25) is 5.02 Å². The van der Waals surface area contributed by atoms with E-state index in [1.54, 1.807) is 0 Å². The standard InChI is InChI=1S/C20H21ClN2O3S/c1-13(2)12-22-19-20(27(24,25)16-10-8-15(21)9-11-16)23-18(26-19)17-7-5-4-6-14(17)3/h4-11,13,22H,12H2,1-3H3. The molecule has 0 fully saturated rings. The van der Waals surface area contributed by atoms with Crippen molar-refractivity contribution in [2.75, 3.05) is 11.9 Å². The molecule has 0 atom stereocenters. The van der Waals surface area contributed by atoms with Gasteiger partial charge in [-0.3, -0.25) is 0 Å². The fourth-order valence-electron chi connectivity index (χ4n) is 2.55. The van der Waals surface area contributed by atoms with Crippen LogP contribution in [-0.2, 0) is 9.84 Å². The van der Waals surface area contributed by atoms with Crippen molar-refractivity contribution in [1.82, 2.24) is 4.98 Å². The molecule has 1 heterocycles. The number of halogens is 1. The lowest BCUT2D eigenvalue weighted by molar-refractivity contribution is 0.567. The van der Waals surface area contributed by atoms with Crippen LogP contribution < -0.4 is 5.32 Å². The lowest BCUT2D eigenvalue weighted by atomic mass is 10.1. The van der Waals surface area contributed by atoms with Crippen LogP contribution in [0, 0.1) is 12.8 Å². The van der Waals surface area contributed by atoms with Gasteiger partial charge in [-0.1, -0.05) is 43.6 Å².